The molecular weight excluding hydrogens is 365 g/mol. The predicted molar refractivity (Wildman–Crippen MR) is 64.7 cm³/mol. The van der Waals surface area contributed by atoms with E-state index in [9.17, 15) is 40.0 Å². The molecule has 0 N–H and O–H groups in total. The Morgan fingerprint density at radius 2 is 1.08 bits per heavy atom. The number of nitrogens with zero attached hydrogens (tertiary/aromatic N) is 1. The van der Waals surface area contributed by atoms with E-state index in [0.29, 0.717) is 0 Å². The topological polar surface area (TPSA) is 80.8 Å². The number of carbonyl (C=O) groups excluding carboxylic acids is 2. The van der Waals surface area contributed by atoms with Gasteiger partial charge in [0, 0.05) is 11.1 Å². The summed E-state index contributed by atoms with van der Waals surface area (Å²) in [5, 5.41) is -0.349. The monoisotopic (exact) mass is 371 g/mol. The Bertz CT molecular complexity index is 871. The lowest BCUT2D eigenvalue weighted by Gasteiger charge is -2.15. The second-order valence-electron chi connectivity index (χ2n) is 4.58. The van der Waals surface area contributed by atoms with Gasteiger partial charge in [0.2, 0.25) is 5.82 Å². The molecule has 0 bridgehead atoms. The minimum Gasteiger partial charge on any atom is -0.267 e. The van der Waals surface area contributed by atoms with Gasteiger partial charge in [-0.2, -0.15) is 8.42 Å². The van der Waals surface area contributed by atoms with Crippen molar-refractivity contribution in [2.24, 2.45) is 0 Å². The van der Waals surface area contributed by atoms with E-state index in [2.05, 4.69) is 4.28 Å². The first kappa shape index (κ1) is 18.0. The summed E-state index contributed by atoms with van der Waals surface area (Å²) in [5.41, 5.74) is -0.430. The van der Waals surface area contributed by atoms with Gasteiger partial charge in [-0.3, -0.25) is 9.59 Å². The van der Waals surface area contributed by atoms with Crippen LogP contribution in [0, 0.1) is 29.1 Å². The summed E-state index contributed by atoms with van der Waals surface area (Å²) < 4.78 is 93.8. The van der Waals surface area contributed by atoms with E-state index < -0.39 is 55.9 Å². The molecule has 0 aliphatic carbocycles. The standard InChI is InChI=1S/C12H6F5NO5S/c1-3-4(2)12(20)18(11(3)19)23-24(21,22)10-8(16)6(14)5(13)7(15)9(10)17/h1-2H3. The normalized spacial score (nSPS) is 15.7. The van der Waals surface area contributed by atoms with Crippen LogP contribution in [0.25, 0.3) is 0 Å². The Morgan fingerprint density at radius 3 is 1.46 bits per heavy atom. The molecule has 0 spiro atoms. The zero-order valence-electron chi connectivity index (χ0n) is 11.8. The van der Waals surface area contributed by atoms with Crippen molar-refractivity contribution in [1.82, 2.24) is 5.06 Å². The molecule has 0 unspecified atom stereocenters. The molecule has 0 saturated heterocycles. The Balaban J connectivity index is 2.55. The average molecular weight is 371 g/mol. The summed E-state index contributed by atoms with van der Waals surface area (Å²) in [6, 6.07) is 0. The van der Waals surface area contributed by atoms with Gasteiger partial charge in [-0.25, -0.2) is 22.0 Å². The average Bonchev–Trinajstić information content (AvgIpc) is 2.68. The van der Waals surface area contributed by atoms with Gasteiger partial charge in [0.1, 0.15) is 0 Å². The fraction of sp³-hybridized carbons (Fsp3) is 0.167. The minimum absolute atomic E-state index is 0.215. The minimum atomic E-state index is -5.72. The van der Waals surface area contributed by atoms with Gasteiger partial charge in [-0.15, -0.1) is 9.35 Å². The maximum atomic E-state index is 13.5. The van der Waals surface area contributed by atoms with Crippen LogP contribution in [0.3, 0.4) is 0 Å². The van der Waals surface area contributed by atoms with Crippen LogP contribution in [0.1, 0.15) is 13.8 Å². The summed E-state index contributed by atoms with van der Waals surface area (Å²) >= 11 is 0. The fourth-order valence-electron chi connectivity index (χ4n) is 1.73. The van der Waals surface area contributed by atoms with Crippen LogP contribution in [0.15, 0.2) is 16.0 Å². The van der Waals surface area contributed by atoms with Crippen LogP contribution in [0.5, 0.6) is 0 Å². The molecule has 0 saturated carbocycles. The number of imide groups is 1. The highest BCUT2D eigenvalue weighted by Gasteiger charge is 2.42. The van der Waals surface area contributed by atoms with E-state index in [1.54, 1.807) is 0 Å². The highest BCUT2D eigenvalue weighted by atomic mass is 32.2. The van der Waals surface area contributed by atoms with Gasteiger partial charge in [0.25, 0.3) is 11.8 Å². The van der Waals surface area contributed by atoms with Crippen LogP contribution >= 0.6 is 0 Å². The number of benzene rings is 1. The largest absolute Gasteiger partial charge is 0.324 e. The lowest BCUT2D eigenvalue weighted by Crippen LogP contribution is -2.35. The first-order valence-corrected chi connectivity index (χ1v) is 7.35. The van der Waals surface area contributed by atoms with Crippen molar-refractivity contribution in [3.63, 3.8) is 0 Å². The fourth-order valence-corrected chi connectivity index (χ4v) is 2.75. The molecule has 1 aromatic carbocycles. The van der Waals surface area contributed by atoms with E-state index in [1.807, 2.05) is 0 Å². The molecule has 2 amide bonds. The summed E-state index contributed by atoms with van der Waals surface area (Å²) in [7, 11) is -5.72. The Kier molecular flexibility index (Phi) is 4.22. The number of amides is 2. The first-order valence-electron chi connectivity index (χ1n) is 5.94. The van der Waals surface area contributed by atoms with E-state index in [0.717, 1.165) is 13.8 Å². The van der Waals surface area contributed by atoms with Crippen LogP contribution in [-0.2, 0) is 24.0 Å². The third kappa shape index (κ3) is 2.47. The van der Waals surface area contributed by atoms with Crippen LogP contribution < -0.4 is 0 Å². The summed E-state index contributed by atoms with van der Waals surface area (Å²) in [6.07, 6.45) is 0. The lowest BCUT2D eigenvalue weighted by molar-refractivity contribution is -0.162. The second kappa shape index (κ2) is 5.63. The first-order chi connectivity index (χ1) is 10.9. The van der Waals surface area contributed by atoms with Gasteiger partial charge in [0.15, 0.2) is 28.2 Å². The molecule has 1 heterocycles. The van der Waals surface area contributed by atoms with E-state index >= 15 is 0 Å². The quantitative estimate of drug-likeness (QED) is 0.350. The SMILES string of the molecule is CC1=C(C)C(=O)N(OS(=O)(=O)c2c(F)c(F)c(F)c(F)c2F)C1=O. The smallest absolute Gasteiger partial charge is 0.267 e. The molecule has 0 aromatic heterocycles. The summed E-state index contributed by atoms with van der Waals surface area (Å²) in [4.78, 5) is 21.0. The van der Waals surface area contributed by atoms with Crippen molar-refractivity contribution < 1.29 is 44.2 Å². The van der Waals surface area contributed by atoms with Gasteiger partial charge in [-0.05, 0) is 13.8 Å². The zero-order valence-corrected chi connectivity index (χ0v) is 12.6. The number of rotatable bonds is 3. The van der Waals surface area contributed by atoms with Crippen molar-refractivity contribution in [1.29, 1.82) is 0 Å². The van der Waals surface area contributed by atoms with Crippen LogP contribution in [0.2, 0.25) is 0 Å². The lowest BCUT2D eigenvalue weighted by atomic mass is 10.2. The van der Waals surface area contributed by atoms with Crippen molar-refractivity contribution in [3.05, 3.63) is 40.2 Å². The molecule has 0 atom stereocenters. The van der Waals surface area contributed by atoms with Gasteiger partial charge in [0.05, 0.1) is 0 Å². The van der Waals surface area contributed by atoms with Gasteiger partial charge >= 0.3 is 10.1 Å². The molecule has 0 radical (unpaired) electrons. The zero-order chi connectivity index (χ0) is 18.6. The molecule has 0 fully saturated rings. The van der Waals surface area contributed by atoms with Crippen LogP contribution in [0.4, 0.5) is 22.0 Å². The maximum Gasteiger partial charge on any atom is 0.324 e. The highest BCUT2D eigenvalue weighted by molar-refractivity contribution is 7.86. The molecule has 12 heteroatoms. The highest BCUT2D eigenvalue weighted by Crippen LogP contribution is 2.30. The molecule has 6 nitrogen and oxygen atoms in total. The Labute approximate surface area is 131 Å². The predicted octanol–water partition coefficient (Wildman–Crippen LogP) is 1.71. The van der Waals surface area contributed by atoms with E-state index in [-0.39, 0.29) is 16.2 Å². The Hall–Kier alpha value is -2.34. The van der Waals surface area contributed by atoms with E-state index in [4.69, 9.17) is 0 Å². The summed E-state index contributed by atoms with van der Waals surface area (Å²) in [6.45, 7) is 2.29. The van der Waals surface area contributed by atoms with E-state index in [1.165, 1.54) is 0 Å². The second-order valence-corrected chi connectivity index (χ2v) is 6.05. The van der Waals surface area contributed by atoms with Crippen molar-refractivity contribution in [2.75, 3.05) is 0 Å². The Morgan fingerprint density at radius 1 is 0.750 bits per heavy atom. The van der Waals surface area contributed by atoms with Gasteiger partial charge < -0.3 is 0 Å². The molecule has 1 aliphatic rings. The molecule has 1 aromatic rings. The molecule has 2 rings (SSSR count). The number of carbonyl (C=O) groups is 2. The third-order valence-electron chi connectivity index (χ3n) is 3.17. The number of hydrogen-bond acceptors (Lipinski definition) is 5. The number of hydrogen-bond donors (Lipinski definition) is 0. The third-order valence-corrected chi connectivity index (χ3v) is 4.37. The van der Waals surface area contributed by atoms with Gasteiger partial charge in [-0.1, -0.05) is 0 Å². The molecule has 1 aliphatic heterocycles. The maximum absolute atomic E-state index is 13.5. The molecule has 24 heavy (non-hydrogen) atoms. The van der Waals surface area contributed by atoms with Crippen LogP contribution in [-0.4, -0.2) is 25.3 Å². The molecule has 130 valence electrons. The van der Waals surface area contributed by atoms with Crippen molar-refractivity contribution in [2.45, 2.75) is 18.7 Å². The van der Waals surface area contributed by atoms with Crippen molar-refractivity contribution in [3.8, 4) is 0 Å². The van der Waals surface area contributed by atoms with Crippen molar-refractivity contribution >= 4 is 21.9 Å². The number of halogens is 5. The molecular formula is C12H6F5NO5S. The number of hydroxylamine groups is 2. The summed E-state index contributed by atoms with van der Waals surface area (Å²) in [5.74, 6) is -15.5.